The zero-order valence-corrected chi connectivity index (χ0v) is 10.7. The van der Waals surface area contributed by atoms with Crippen molar-refractivity contribution in [2.45, 2.75) is 19.3 Å². The molecule has 0 N–H and O–H groups in total. The van der Waals surface area contributed by atoms with Crippen LogP contribution in [0.25, 0.3) is 0 Å². The monoisotopic (exact) mass is 259 g/mol. The summed E-state index contributed by atoms with van der Waals surface area (Å²) in [6, 6.07) is 11.3. The van der Waals surface area contributed by atoms with Gasteiger partial charge in [-0.1, -0.05) is 23.7 Å². The van der Waals surface area contributed by atoms with E-state index in [-0.39, 0.29) is 5.78 Å². The van der Waals surface area contributed by atoms with E-state index in [1.54, 1.807) is 12.4 Å². The van der Waals surface area contributed by atoms with Crippen molar-refractivity contribution in [2.75, 3.05) is 0 Å². The molecular formula is C15H14ClNO. The van der Waals surface area contributed by atoms with Gasteiger partial charge in [0.2, 0.25) is 0 Å². The van der Waals surface area contributed by atoms with Crippen LogP contribution in [0.5, 0.6) is 0 Å². The molecule has 0 amide bonds. The quantitative estimate of drug-likeness (QED) is 0.823. The molecule has 0 saturated heterocycles. The number of Topliss-reactive ketones (excluding diaryl/α,β-unsaturated/α-hetero) is 1. The molecule has 18 heavy (non-hydrogen) atoms. The van der Waals surface area contributed by atoms with Crippen LogP contribution in [0.4, 0.5) is 0 Å². The number of carbonyl (C=O) groups excluding carboxylic acids is 1. The summed E-state index contributed by atoms with van der Waals surface area (Å²) in [4.78, 5) is 15.8. The highest BCUT2D eigenvalue weighted by molar-refractivity contribution is 6.30. The zero-order chi connectivity index (χ0) is 12.8. The normalized spacial score (nSPS) is 10.3. The maximum absolute atomic E-state index is 11.8. The van der Waals surface area contributed by atoms with Crippen LogP contribution < -0.4 is 0 Å². The number of halogens is 1. The summed E-state index contributed by atoms with van der Waals surface area (Å²) in [5.41, 5.74) is 2.12. The molecule has 0 unspecified atom stereocenters. The Morgan fingerprint density at radius 3 is 2.61 bits per heavy atom. The van der Waals surface area contributed by atoms with E-state index in [0.717, 1.165) is 17.5 Å². The predicted octanol–water partition coefficient (Wildman–Crippen LogP) is 3.48. The van der Waals surface area contributed by atoms with Gasteiger partial charge in [-0.15, -0.1) is 0 Å². The Labute approximate surface area is 112 Å². The lowest BCUT2D eigenvalue weighted by Crippen LogP contribution is -2.04. The molecule has 0 spiro atoms. The van der Waals surface area contributed by atoms with Gasteiger partial charge in [-0.3, -0.25) is 9.78 Å². The maximum atomic E-state index is 11.8. The Morgan fingerprint density at radius 1 is 1.11 bits per heavy atom. The van der Waals surface area contributed by atoms with Gasteiger partial charge < -0.3 is 0 Å². The number of hydrogen-bond acceptors (Lipinski definition) is 2. The average Bonchev–Trinajstić information content (AvgIpc) is 2.38. The van der Waals surface area contributed by atoms with E-state index in [1.165, 1.54) is 0 Å². The van der Waals surface area contributed by atoms with Gasteiger partial charge >= 0.3 is 0 Å². The van der Waals surface area contributed by atoms with Crippen molar-refractivity contribution in [3.8, 4) is 0 Å². The molecule has 1 aromatic carbocycles. The number of pyridine rings is 1. The van der Waals surface area contributed by atoms with E-state index in [1.807, 2.05) is 36.4 Å². The Balaban J connectivity index is 1.86. The molecule has 0 radical (unpaired) electrons. The molecule has 92 valence electrons. The van der Waals surface area contributed by atoms with E-state index < -0.39 is 0 Å². The Bertz CT molecular complexity index is 525. The van der Waals surface area contributed by atoms with Gasteiger partial charge in [0.05, 0.1) is 0 Å². The summed E-state index contributed by atoms with van der Waals surface area (Å²) >= 11 is 5.88. The lowest BCUT2D eigenvalue weighted by molar-refractivity contribution is -0.118. The molecule has 0 aliphatic rings. The smallest absolute Gasteiger partial charge is 0.137 e. The van der Waals surface area contributed by atoms with Crippen LogP contribution in [0.15, 0.2) is 48.8 Å². The molecule has 2 rings (SSSR count). The fourth-order valence-corrected chi connectivity index (χ4v) is 2.01. The highest BCUT2D eigenvalue weighted by Gasteiger charge is 2.04. The summed E-state index contributed by atoms with van der Waals surface area (Å²) in [7, 11) is 0. The topological polar surface area (TPSA) is 30.0 Å². The minimum absolute atomic E-state index is 0.231. The predicted molar refractivity (Wildman–Crippen MR) is 72.7 cm³/mol. The second-order valence-corrected chi connectivity index (χ2v) is 4.64. The summed E-state index contributed by atoms with van der Waals surface area (Å²) in [5.74, 6) is 0.231. The average molecular weight is 260 g/mol. The number of carbonyl (C=O) groups is 1. The Hall–Kier alpha value is -1.67. The summed E-state index contributed by atoms with van der Waals surface area (Å²) < 4.78 is 0. The number of aromatic nitrogens is 1. The zero-order valence-electron chi connectivity index (χ0n) is 9.97. The first kappa shape index (κ1) is 12.8. The summed E-state index contributed by atoms with van der Waals surface area (Å²) in [5, 5.41) is 0.675. The van der Waals surface area contributed by atoms with Crippen molar-refractivity contribution in [1.82, 2.24) is 4.98 Å². The van der Waals surface area contributed by atoms with E-state index in [9.17, 15) is 4.79 Å². The Morgan fingerprint density at radius 2 is 1.89 bits per heavy atom. The molecule has 1 heterocycles. The number of rotatable bonds is 5. The number of ketones is 1. The van der Waals surface area contributed by atoms with Crippen molar-refractivity contribution in [3.63, 3.8) is 0 Å². The molecular weight excluding hydrogens is 246 g/mol. The molecule has 3 heteroatoms. The van der Waals surface area contributed by atoms with Crippen LogP contribution in [0, 0.1) is 0 Å². The first-order valence-corrected chi connectivity index (χ1v) is 6.27. The van der Waals surface area contributed by atoms with Crippen molar-refractivity contribution >= 4 is 17.4 Å². The summed E-state index contributed by atoms with van der Waals surface area (Å²) in [6.07, 6.45) is 5.26. The van der Waals surface area contributed by atoms with Crippen LogP contribution in [0.1, 0.15) is 17.5 Å². The lowest BCUT2D eigenvalue weighted by Gasteiger charge is -2.02. The van der Waals surface area contributed by atoms with Crippen molar-refractivity contribution in [3.05, 3.63) is 64.9 Å². The molecule has 0 aliphatic heterocycles. The van der Waals surface area contributed by atoms with Crippen LogP contribution in [-0.4, -0.2) is 10.8 Å². The van der Waals surface area contributed by atoms with Crippen molar-refractivity contribution in [1.29, 1.82) is 0 Å². The van der Waals surface area contributed by atoms with Crippen LogP contribution >= 0.6 is 11.6 Å². The van der Waals surface area contributed by atoms with Crippen LogP contribution in [0.3, 0.4) is 0 Å². The number of hydrogen-bond donors (Lipinski definition) is 0. The van der Waals surface area contributed by atoms with Gasteiger partial charge in [-0.05, 0) is 41.8 Å². The first-order chi connectivity index (χ1) is 8.74. The van der Waals surface area contributed by atoms with Crippen molar-refractivity contribution in [2.24, 2.45) is 0 Å². The molecule has 2 aromatic rings. The highest BCUT2D eigenvalue weighted by atomic mass is 35.5. The molecule has 1 aromatic heterocycles. The molecule has 0 atom stereocenters. The van der Waals surface area contributed by atoms with Gasteiger partial charge in [-0.25, -0.2) is 0 Å². The molecule has 0 fully saturated rings. The third-order valence-corrected chi connectivity index (χ3v) is 2.97. The fraction of sp³-hybridized carbons (Fsp3) is 0.200. The SMILES string of the molecule is O=C(CCc1ccncc1)Cc1cccc(Cl)c1. The standard InChI is InChI=1S/C15H14ClNO/c16-14-3-1-2-13(10-14)11-15(18)5-4-12-6-8-17-9-7-12/h1-3,6-10H,4-5,11H2. The number of nitrogens with zero attached hydrogens (tertiary/aromatic N) is 1. The van der Waals surface area contributed by atoms with Crippen LogP contribution in [0.2, 0.25) is 5.02 Å². The third-order valence-electron chi connectivity index (χ3n) is 2.73. The van der Waals surface area contributed by atoms with Gasteiger partial charge in [-0.2, -0.15) is 0 Å². The Kier molecular flexibility index (Phi) is 4.48. The van der Waals surface area contributed by atoms with Crippen molar-refractivity contribution < 1.29 is 4.79 Å². The molecule has 0 saturated carbocycles. The minimum atomic E-state index is 0.231. The van der Waals surface area contributed by atoms with Gasteiger partial charge in [0.25, 0.3) is 0 Å². The van der Waals surface area contributed by atoms with Gasteiger partial charge in [0.1, 0.15) is 5.78 Å². The fourth-order valence-electron chi connectivity index (χ4n) is 1.80. The second-order valence-electron chi connectivity index (χ2n) is 4.20. The lowest BCUT2D eigenvalue weighted by atomic mass is 10.0. The first-order valence-electron chi connectivity index (χ1n) is 5.89. The van der Waals surface area contributed by atoms with Gasteiger partial charge in [0, 0.05) is 30.3 Å². The maximum Gasteiger partial charge on any atom is 0.137 e. The van der Waals surface area contributed by atoms with E-state index >= 15 is 0 Å². The van der Waals surface area contributed by atoms with E-state index in [2.05, 4.69) is 4.98 Å². The largest absolute Gasteiger partial charge is 0.299 e. The van der Waals surface area contributed by atoms with E-state index in [4.69, 9.17) is 11.6 Å². The highest BCUT2D eigenvalue weighted by Crippen LogP contribution is 2.12. The number of aryl methyl sites for hydroxylation is 1. The van der Waals surface area contributed by atoms with E-state index in [0.29, 0.717) is 17.9 Å². The molecule has 0 bridgehead atoms. The van der Waals surface area contributed by atoms with Gasteiger partial charge in [0.15, 0.2) is 0 Å². The molecule has 2 nitrogen and oxygen atoms in total. The third kappa shape index (κ3) is 3.97. The van der Waals surface area contributed by atoms with Crippen LogP contribution in [-0.2, 0) is 17.6 Å². The number of benzene rings is 1. The minimum Gasteiger partial charge on any atom is -0.299 e. The molecule has 0 aliphatic carbocycles. The second kappa shape index (κ2) is 6.31. The summed E-state index contributed by atoms with van der Waals surface area (Å²) in [6.45, 7) is 0.